The predicted octanol–water partition coefficient (Wildman–Crippen LogP) is 2.52. The maximum atomic E-state index is 12.5. The molecule has 0 aliphatic carbocycles. The molecule has 3 aromatic heterocycles. The molecule has 2 N–H and O–H groups in total. The Morgan fingerprint density at radius 1 is 1.33 bits per heavy atom. The van der Waals surface area contributed by atoms with Crippen molar-refractivity contribution in [2.45, 2.75) is 20.3 Å². The van der Waals surface area contributed by atoms with E-state index < -0.39 is 0 Å². The van der Waals surface area contributed by atoms with E-state index >= 15 is 0 Å². The zero-order valence-corrected chi connectivity index (χ0v) is 15.6. The second kappa shape index (κ2) is 6.84. The first-order valence-electron chi connectivity index (χ1n) is 8.44. The standard InChI is InChI=1S/C18H17N5O3S/c1-3-26-11-4-5-13-14(8-11)27-18(21-13)22-16(24)9-12-10(2)20-15-6-7-19-23(15)17(12)25/h4-8,19H,3,9H2,1-2H3,(H,21,22,24). The second-order valence-corrected chi connectivity index (χ2v) is 6.97. The van der Waals surface area contributed by atoms with Crippen LogP contribution in [0.2, 0.25) is 0 Å². The monoisotopic (exact) mass is 383 g/mol. The summed E-state index contributed by atoms with van der Waals surface area (Å²) < 4.78 is 7.72. The van der Waals surface area contributed by atoms with E-state index in [-0.39, 0.29) is 17.9 Å². The summed E-state index contributed by atoms with van der Waals surface area (Å²) in [7, 11) is 0. The highest BCUT2D eigenvalue weighted by Crippen LogP contribution is 2.29. The number of fused-ring (bicyclic) bond motifs is 2. The molecule has 138 valence electrons. The summed E-state index contributed by atoms with van der Waals surface area (Å²) in [5, 5.41) is 6.05. The van der Waals surface area contributed by atoms with E-state index in [4.69, 9.17) is 4.74 Å². The Bertz CT molecular complexity index is 1210. The van der Waals surface area contributed by atoms with Crippen LogP contribution in [0, 0.1) is 6.92 Å². The Labute approximate surface area is 157 Å². The number of nitrogens with zero attached hydrogens (tertiary/aromatic N) is 3. The SMILES string of the molecule is CCOc1ccc2nc(NC(=O)Cc3c(C)nc4cc[nH]n4c3=O)sc2c1. The minimum atomic E-state index is -0.312. The first-order valence-corrected chi connectivity index (χ1v) is 9.25. The highest BCUT2D eigenvalue weighted by molar-refractivity contribution is 7.22. The van der Waals surface area contributed by atoms with Crippen molar-refractivity contribution in [3.05, 3.63) is 52.1 Å². The molecule has 3 heterocycles. The second-order valence-electron chi connectivity index (χ2n) is 5.94. The van der Waals surface area contributed by atoms with Crippen LogP contribution >= 0.6 is 11.3 Å². The highest BCUT2D eigenvalue weighted by atomic mass is 32.1. The zero-order valence-electron chi connectivity index (χ0n) is 14.8. The molecule has 1 amide bonds. The number of H-pyrrole nitrogens is 1. The van der Waals surface area contributed by atoms with E-state index in [1.54, 1.807) is 19.2 Å². The largest absolute Gasteiger partial charge is 0.494 e. The molecule has 0 bridgehead atoms. The maximum absolute atomic E-state index is 12.5. The Kier molecular flexibility index (Phi) is 4.36. The third-order valence-corrected chi connectivity index (χ3v) is 5.03. The van der Waals surface area contributed by atoms with Crippen LogP contribution in [0.25, 0.3) is 15.9 Å². The number of benzene rings is 1. The van der Waals surface area contributed by atoms with Crippen molar-refractivity contribution in [3.63, 3.8) is 0 Å². The Morgan fingerprint density at radius 2 is 2.19 bits per heavy atom. The number of hydrogen-bond acceptors (Lipinski definition) is 6. The minimum absolute atomic E-state index is 0.0697. The molecular formula is C18H17N5O3S. The van der Waals surface area contributed by atoms with Gasteiger partial charge in [-0.1, -0.05) is 11.3 Å². The van der Waals surface area contributed by atoms with Gasteiger partial charge in [0.2, 0.25) is 5.91 Å². The van der Waals surface area contributed by atoms with Crippen molar-refractivity contribution >= 4 is 38.2 Å². The van der Waals surface area contributed by atoms with Crippen LogP contribution in [0.4, 0.5) is 5.13 Å². The molecule has 0 saturated heterocycles. The van der Waals surface area contributed by atoms with Gasteiger partial charge in [0.15, 0.2) is 10.8 Å². The number of aromatic nitrogens is 4. The Morgan fingerprint density at radius 3 is 3.00 bits per heavy atom. The third kappa shape index (κ3) is 3.28. The molecule has 27 heavy (non-hydrogen) atoms. The van der Waals surface area contributed by atoms with Gasteiger partial charge in [-0.3, -0.25) is 14.7 Å². The van der Waals surface area contributed by atoms with Gasteiger partial charge >= 0.3 is 0 Å². The fraction of sp³-hybridized carbons (Fsp3) is 0.222. The molecule has 8 nitrogen and oxygen atoms in total. The van der Waals surface area contributed by atoms with Gasteiger partial charge in [-0.2, -0.15) is 0 Å². The van der Waals surface area contributed by atoms with Crippen molar-refractivity contribution in [1.29, 1.82) is 0 Å². The molecule has 0 aliphatic heterocycles. The van der Waals surface area contributed by atoms with Crippen LogP contribution in [-0.2, 0) is 11.2 Å². The number of anilines is 1. The number of rotatable bonds is 5. The highest BCUT2D eigenvalue weighted by Gasteiger charge is 2.16. The number of carbonyl (C=O) groups is 1. The maximum Gasteiger partial charge on any atom is 0.276 e. The fourth-order valence-corrected chi connectivity index (χ4v) is 3.76. The summed E-state index contributed by atoms with van der Waals surface area (Å²) in [6.07, 6.45) is 1.56. The summed E-state index contributed by atoms with van der Waals surface area (Å²) in [4.78, 5) is 33.7. The normalized spacial score (nSPS) is 11.2. The number of aromatic amines is 1. The van der Waals surface area contributed by atoms with Gasteiger partial charge < -0.3 is 10.1 Å². The average molecular weight is 383 g/mol. The van der Waals surface area contributed by atoms with E-state index in [0.29, 0.717) is 28.6 Å². The molecule has 0 radical (unpaired) electrons. The molecule has 9 heteroatoms. The minimum Gasteiger partial charge on any atom is -0.494 e. The molecule has 1 aromatic carbocycles. The topological polar surface area (TPSA) is 101 Å². The van der Waals surface area contributed by atoms with Gasteiger partial charge in [0.1, 0.15) is 5.75 Å². The molecule has 0 fully saturated rings. The van der Waals surface area contributed by atoms with E-state index in [9.17, 15) is 9.59 Å². The number of nitrogens with one attached hydrogen (secondary N) is 2. The summed E-state index contributed by atoms with van der Waals surface area (Å²) in [6.45, 7) is 4.23. The third-order valence-electron chi connectivity index (χ3n) is 4.10. The van der Waals surface area contributed by atoms with Crippen molar-refractivity contribution < 1.29 is 9.53 Å². The van der Waals surface area contributed by atoms with Crippen LogP contribution in [0.3, 0.4) is 0 Å². The lowest BCUT2D eigenvalue weighted by Crippen LogP contribution is -2.26. The van der Waals surface area contributed by atoms with E-state index in [2.05, 4.69) is 20.4 Å². The molecule has 0 unspecified atom stereocenters. The lowest BCUT2D eigenvalue weighted by Gasteiger charge is -2.05. The van der Waals surface area contributed by atoms with Crippen molar-refractivity contribution in [2.75, 3.05) is 11.9 Å². The van der Waals surface area contributed by atoms with Crippen LogP contribution in [0.5, 0.6) is 5.75 Å². The van der Waals surface area contributed by atoms with Crippen LogP contribution in [0.1, 0.15) is 18.2 Å². The van der Waals surface area contributed by atoms with Crippen LogP contribution in [-0.4, -0.2) is 32.1 Å². The van der Waals surface area contributed by atoms with Crippen molar-refractivity contribution in [1.82, 2.24) is 19.6 Å². The molecule has 0 aliphatic rings. The first kappa shape index (κ1) is 17.2. The van der Waals surface area contributed by atoms with Gasteiger partial charge in [-0.25, -0.2) is 14.5 Å². The Hall–Kier alpha value is -3.20. The molecule has 4 rings (SSSR count). The fourth-order valence-electron chi connectivity index (χ4n) is 2.85. The number of hydrogen-bond donors (Lipinski definition) is 2. The molecule has 0 saturated carbocycles. The molecule has 4 aromatic rings. The van der Waals surface area contributed by atoms with Crippen LogP contribution in [0.15, 0.2) is 35.3 Å². The van der Waals surface area contributed by atoms with Gasteiger partial charge in [0, 0.05) is 23.5 Å². The quantitative estimate of drug-likeness (QED) is 0.551. The van der Waals surface area contributed by atoms with Gasteiger partial charge in [-0.15, -0.1) is 0 Å². The Balaban J connectivity index is 1.56. The van der Waals surface area contributed by atoms with Crippen molar-refractivity contribution in [3.8, 4) is 5.75 Å². The predicted molar refractivity (Wildman–Crippen MR) is 104 cm³/mol. The summed E-state index contributed by atoms with van der Waals surface area (Å²) in [6, 6.07) is 7.30. The lowest BCUT2D eigenvalue weighted by atomic mass is 10.1. The molecule has 0 spiro atoms. The number of carbonyl (C=O) groups excluding carboxylic acids is 1. The molecule has 0 atom stereocenters. The lowest BCUT2D eigenvalue weighted by molar-refractivity contribution is -0.115. The van der Waals surface area contributed by atoms with E-state index in [0.717, 1.165) is 16.0 Å². The number of aryl methyl sites for hydroxylation is 1. The van der Waals surface area contributed by atoms with E-state index in [1.165, 1.54) is 15.9 Å². The van der Waals surface area contributed by atoms with E-state index in [1.807, 2.05) is 25.1 Å². The zero-order chi connectivity index (χ0) is 19.0. The van der Waals surface area contributed by atoms with Gasteiger partial charge in [0.05, 0.1) is 23.2 Å². The number of thiazole rings is 1. The first-order chi connectivity index (χ1) is 13.0. The van der Waals surface area contributed by atoms with Crippen LogP contribution < -0.4 is 15.6 Å². The summed E-state index contributed by atoms with van der Waals surface area (Å²) in [5.41, 5.74) is 1.93. The summed E-state index contributed by atoms with van der Waals surface area (Å²) >= 11 is 1.36. The average Bonchev–Trinajstić information content (AvgIpc) is 3.24. The van der Waals surface area contributed by atoms with Gasteiger partial charge in [-0.05, 0) is 32.0 Å². The summed E-state index contributed by atoms with van der Waals surface area (Å²) in [5.74, 6) is 0.452. The number of ether oxygens (including phenoxy) is 1. The smallest absolute Gasteiger partial charge is 0.276 e. The van der Waals surface area contributed by atoms with Crippen molar-refractivity contribution in [2.24, 2.45) is 0 Å². The molecular weight excluding hydrogens is 366 g/mol. The van der Waals surface area contributed by atoms with Gasteiger partial charge in [0.25, 0.3) is 5.56 Å². The number of amides is 1.